The molecule has 0 aromatic heterocycles. The van der Waals surface area contributed by atoms with Gasteiger partial charge in [-0.05, 0) is 25.1 Å². The maximum atomic E-state index is 14.8. The summed E-state index contributed by atoms with van der Waals surface area (Å²) in [6.07, 6.45) is -0.299. The van der Waals surface area contributed by atoms with Crippen LogP contribution in [0.4, 0.5) is 11.4 Å². The summed E-state index contributed by atoms with van der Waals surface area (Å²) in [5.74, 6) is 0. The first-order valence-corrected chi connectivity index (χ1v) is 11.6. The van der Waals surface area contributed by atoms with E-state index in [1.54, 1.807) is 0 Å². The van der Waals surface area contributed by atoms with Crippen molar-refractivity contribution in [1.29, 1.82) is 0 Å². The van der Waals surface area contributed by atoms with Crippen LogP contribution < -0.4 is 14.9 Å². The number of benzene rings is 3. The van der Waals surface area contributed by atoms with E-state index in [-0.39, 0.29) is 16.9 Å². The van der Waals surface area contributed by atoms with E-state index in [1.165, 1.54) is 5.69 Å². The first kappa shape index (κ1) is 21.2. The number of rotatable bonds is 5. The number of anilines is 1. The molecule has 2 heterocycles. The Morgan fingerprint density at radius 1 is 0.875 bits per heavy atom. The molecule has 0 aliphatic carbocycles. The summed E-state index contributed by atoms with van der Waals surface area (Å²) < 4.78 is -0.362. The lowest BCUT2D eigenvalue weighted by atomic mass is 10.00. The SMILES string of the molecule is CC(CN1CCN(c2ccccc2)CC1)[N+]1([O-])c2ccccc2CNC1c1ccccc1. The number of para-hydroxylation sites is 2. The second-order valence-electron chi connectivity index (χ2n) is 9.00. The highest BCUT2D eigenvalue weighted by Gasteiger charge is 2.42. The summed E-state index contributed by atoms with van der Waals surface area (Å²) >= 11 is 0. The molecule has 1 fully saturated rings. The largest absolute Gasteiger partial charge is 0.626 e. The van der Waals surface area contributed by atoms with Gasteiger partial charge in [0.05, 0.1) is 6.54 Å². The summed E-state index contributed by atoms with van der Waals surface area (Å²) in [4.78, 5) is 4.90. The Balaban J connectivity index is 1.36. The van der Waals surface area contributed by atoms with Gasteiger partial charge in [-0.2, -0.15) is 0 Å². The zero-order valence-corrected chi connectivity index (χ0v) is 18.7. The van der Waals surface area contributed by atoms with Crippen molar-refractivity contribution in [3.05, 3.63) is 101 Å². The molecule has 0 radical (unpaired) electrons. The molecule has 1 saturated heterocycles. The third-order valence-electron chi connectivity index (χ3n) is 7.02. The number of nitrogens with zero attached hydrogens (tertiary/aromatic N) is 3. The normalized spacial score (nSPS) is 24.7. The van der Waals surface area contributed by atoms with Crippen LogP contribution in [0.15, 0.2) is 84.9 Å². The van der Waals surface area contributed by atoms with Gasteiger partial charge in [-0.1, -0.05) is 66.7 Å². The predicted molar refractivity (Wildman–Crippen MR) is 132 cm³/mol. The molecule has 5 rings (SSSR count). The van der Waals surface area contributed by atoms with Gasteiger partial charge in [0.2, 0.25) is 0 Å². The van der Waals surface area contributed by atoms with Crippen molar-refractivity contribution < 1.29 is 0 Å². The van der Waals surface area contributed by atoms with E-state index in [4.69, 9.17) is 0 Å². The smallest absolute Gasteiger partial charge is 0.174 e. The van der Waals surface area contributed by atoms with Gasteiger partial charge >= 0.3 is 0 Å². The van der Waals surface area contributed by atoms with Crippen molar-refractivity contribution in [2.24, 2.45) is 0 Å². The van der Waals surface area contributed by atoms with Crippen LogP contribution in [0.25, 0.3) is 0 Å². The minimum atomic E-state index is -0.362. The third kappa shape index (κ3) is 3.93. The highest BCUT2D eigenvalue weighted by molar-refractivity contribution is 5.55. The molecule has 2 aliphatic heterocycles. The van der Waals surface area contributed by atoms with E-state index >= 15 is 0 Å². The number of hydrogen-bond acceptors (Lipinski definition) is 4. The third-order valence-corrected chi connectivity index (χ3v) is 7.02. The lowest BCUT2D eigenvalue weighted by molar-refractivity contribution is 0.124. The first-order chi connectivity index (χ1) is 15.7. The fraction of sp³-hybridized carbons (Fsp3) is 0.333. The highest BCUT2D eigenvalue weighted by Crippen LogP contribution is 2.41. The van der Waals surface area contributed by atoms with Crippen LogP contribution in [-0.2, 0) is 6.54 Å². The first-order valence-electron chi connectivity index (χ1n) is 11.6. The number of hydroxylamine groups is 2. The molecule has 3 aromatic carbocycles. The Hall–Kier alpha value is -2.70. The van der Waals surface area contributed by atoms with E-state index < -0.39 is 0 Å². The number of piperazine rings is 1. The maximum Gasteiger partial charge on any atom is 0.174 e. The summed E-state index contributed by atoms with van der Waals surface area (Å²) in [5.41, 5.74) is 4.34. The second kappa shape index (κ2) is 9.04. The molecular formula is C27H32N4O. The van der Waals surface area contributed by atoms with Gasteiger partial charge in [0, 0.05) is 49.5 Å². The lowest BCUT2D eigenvalue weighted by Gasteiger charge is -2.56. The monoisotopic (exact) mass is 428 g/mol. The molecule has 0 bridgehead atoms. The minimum Gasteiger partial charge on any atom is -0.626 e. The number of fused-ring (bicyclic) bond motifs is 1. The van der Waals surface area contributed by atoms with Gasteiger partial charge in [0.1, 0.15) is 11.7 Å². The van der Waals surface area contributed by atoms with Crippen molar-refractivity contribution in [2.75, 3.05) is 37.6 Å². The van der Waals surface area contributed by atoms with Crippen LogP contribution in [0.5, 0.6) is 0 Å². The van der Waals surface area contributed by atoms with Crippen molar-refractivity contribution in [3.63, 3.8) is 0 Å². The Kier molecular flexibility index (Phi) is 5.98. The van der Waals surface area contributed by atoms with E-state index in [0.29, 0.717) is 0 Å². The fourth-order valence-corrected chi connectivity index (χ4v) is 5.27. The zero-order chi connectivity index (χ0) is 22.0. The summed E-state index contributed by atoms with van der Waals surface area (Å²) in [7, 11) is 0. The number of nitrogens with one attached hydrogen (secondary N) is 1. The number of quaternary nitrogens is 1. The molecule has 0 spiro atoms. The second-order valence-corrected chi connectivity index (χ2v) is 9.00. The molecule has 0 saturated carbocycles. The van der Waals surface area contributed by atoms with Gasteiger partial charge in [0.15, 0.2) is 6.17 Å². The Morgan fingerprint density at radius 2 is 1.50 bits per heavy atom. The minimum absolute atomic E-state index is 0.0996. The van der Waals surface area contributed by atoms with Gasteiger partial charge < -0.3 is 14.8 Å². The zero-order valence-electron chi connectivity index (χ0n) is 18.7. The van der Waals surface area contributed by atoms with E-state index in [0.717, 1.165) is 56.1 Å². The molecule has 5 heteroatoms. The quantitative estimate of drug-likeness (QED) is 0.480. The fourth-order valence-electron chi connectivity index (χ4n) is 5.27. The molecule has 0 amide bonds. The topological polar surface area (TPSA) is 41.6 Å². The standard InChI is InChI=1S/C27H32N4O/c1-22(21-29-16-18-30(19-17-29)25-13-6-3-7-14-25)31(32)26-15-9-8-12-24(26)20-28-27(31)23-10-4-2-5-11-23/h2-15,22,27-28H,16-21H2,1H3. The molecule has 32 heavy (non-hydrogen) atoms. The van der Waals surface area contributed by atoms with Crippen molar-refractivity contribution in [3.8, 4) is 0 Å². The van der Waals surface area contributed by atoms with Crippen LogP contribution >= 0.6 is 0 Å². The Labute approximate surface area is 191 Å². The summed E-state index contributed by atoms with van der Waals surface area (Å²) in [6.45, 7) is 7.57. The molecule has 1 N–H and O–H groups in total. The number of hydrogen-bond donors (Lipinski definition) is 1. The van der Waals surface area contributed by atoms with E-state index in [1.807, 2.05) is 36.4 Å². The van der Waals surface area contributed by atoms with Crippen molar-refractivity contribution >= 4 is 11.4 Å². The van der Waals surface area contributed by atoms with Gasteiger partial charge in [-0.3, -0.25) is 10.2 Å². The van der Waals surface area contributed by atoms with Crippen molar-refractivity contribution in [1.82, 2.24) is 14.9 Å². The molecule has 3 atom stereocenters. The van der Waals surface area contributed by atoms with Crippen LogP contribution in [0.2, 0.25) is 0 Å². The van der Waals surface area contributed by atoms with Crippen LogP contribution in [0.1, 0.15) is 24.2 Å². The van der Waals surface area contributed by atoms with E-state index in [2.05, 4.69) is 70.6 Å². The molecule has 166 valence electrons. The molecule has 3 aromatic rings. The van der Waals surface area contributed by atoms with Crippen LogP contribution in [0, 0.1) is 5.21 Å². The average Bonchev–Trinajstić information content (AvgIpc) is 2.86. The summed E-state index contributed by atoms with van der Waals surface area (Å²) in [5, 5.41) is 18.3. The molecular weight excluding hydrogens is 396 g/mol. The Morgan fingerprint density at radius 3 is 2.22 bits per heavy atom. The van der Waals surface area contributed by atoms with Gasteiger partial charge in [-0.25, -0.2) is 0 Å². The lowest BCUT2D eigenvalue weighted by Crippen LogP contribution is -2.63. The van der Waals surface area contributed by atoms with Gasteiger partial charge in [0.25, 0.3) is 0 Å². The maximum absolute atomic E-state index is 14.8. The van der Waals surface area contributed by atoms with E-state index in [9.17, 15) is 5.21 Å². The van der Waals surface area contributed by atoms with Gasteiger partial charge in [-0.15, -0.1) is 0 Å². The van der Waals surface area contributed by atoms with Crippen LogP contribution in [-0.4, -0.2) is 43.7 Å². The Bertz CT molecular complexity index is 1020. The molecule has 3 unspecified atom stereocenters. The predicted octanol–water partition coefficient (Wildman–Crippen LogP) is 4.50. The average molecular weight is 429 g/mol. The van der Waals surface area contributed by atoms with Crippen LogP contribution in [0.3, 0.4) is 0 Å². The summed E-state index contributed by atoms with van der Waals surface area (Å²) in [6, 6.07) is 28.9. The van der Waals surface area contributed by atoms with Crippen molar-refractivity contribution in [2.45, 2.75) is 25.7 Å². The molecule has 5 nitrogen and oxygen atoms in total. The molecule has 2 aliphatic rings. The highest BCUT2D eigenvalue weighted by atomic mass is 16.6.